The molecule has 3 saturated carbocycles. The first-order valence-corrected chi connectivity index (χ1v) is 11.6. The molecule has 0 amide bonds. The van der Waals surface area contributed by atoms with Crippen LogP contribution in [-0.2, 0) is 0 Å². The van der Waals surface area contributed by atoms with E-state index < -0.39 is 18.3 Å². The van der Waals surface area contributed by atoms with Crippen LogP contribution < -0.4 is 0 Å². The number of halogens is 4. The van der Waals surface area contributed by atoms with Crippen molar-refractivity contribution < 1.29 is 17.6 Å². The molecule has 0 saturated heterocycles. The van der Waals surface area contributed by atoms with Crippen LogP contribution in [0.25, 0.3) is 0 Å². The minimum Gasteiger partial charge on any atom is -0.247 e. The van der Waals surface area contributed by atoms with E-state index in [1.165, 1.54) is 57.8 Å². The van der Waals surface area contributed by atoms with Crippen LogP contribution in [0.15, 0.2) is 0 Å². The summed E-state index contributed by atoms with van der Waals surface area (Å²) < 4.78 is 52.7. The maximum Gasteiger partial charge on any atom is 0.394 e. The summed E-state index contributed by atoms with van der Waals surface area (Å²) in [5, 5.41) is 0. The molecule has 4 heteroatoms. The Morgan fingerprint density at radius 3 is 1.67 bits per heavy atom. The van der Waals surface area contributed by atoms with Gasteiger partial charge >= 0.3 is 6.18 Å². The van der Waals surface area contributed by atoms with Gasteiger partial charge < -0.3 is 0 Å². The van der Waals surface area contributed by atoms with E-state index in [0.717, 1.165) is 30.6 Å². The second kappa shape index (κ2) is 9.48. The van der Waals surface area contributed by atoms with E-state index in [9.17, 15) is 17.6 Å². The van der Waals surface area contributed by atoms with Gasteiger partial charge in [0.2, 0.25) is 0 Å². The van der Waals surface area contributed by atoms with Crippen molar-refractivity contribution in [3.63, 3.8) is 0 Å². The minimum atomic E-state index is -4.36. The van der Waals surface area contributed by atoms with Gasteiger partial charge in [-0.25, -0.2) is 4.39 Å². The number of alkyl halides is 4. The molecule has 0 aromatic carbocycles. The number of unbranched alkanes of at least 4 members (excludes halogenated alkanes) is 1. The number of hydrogen-bond donors (Lipinski definition) is 0. The van der Waals surface area contributed by atoms with Crippen LogP contribution in [0.5, 0.6) is 0 Å². The Labute approximate surface area is 162 Å². The molecule has 27 heavy (non-hydrogen) atoms. The van der Waals surface area contributed by atoms with E-state index in [-0.39, 0.29) is 18.8 Å². The first-order valence-electron chi connectivity index (χ1n) is 11.6. The molecule has 3 atom stereocenters. The molecular formula is C23H38F4. The predicted molar refractivity (Wildman–Crippen MR) is 102 cm³/mol. The van der Waals surface area contributed by atoms with Gasteiger partial charge in [-0.1, -0.05) is 39.0 Å². The van der Waals surface area contributed by atoms with Crippen molar-refractivity contribution in [3.8, 4) is 0 Å². The summed E-state index contributed by atoms with van der Waals surface area (Å²) in [4.78, 5) is 0. The molecule has 3 unspecified atom stereocenters. The van der Waals surface area contributed by atoms with E-state index >= 15 is 0 Å². The Bertz CT molecular complexity index is 430. The smallest absolute Gasteiger partial charge is 0.247 e. The maximum absolute atomic E-state index is 14.1. The molecule has 0 aliphatic heterocycles. The van der Waals surface area contributed by atoms with Gasteiger partial charge in [0.05, 0.1) is 5.92 Å². The van der Waals surface area contributed by atoms with Gasteiger partial charge in [-0.05, 0) is 87.4 Å². The monoisotopic (exact) mass is 390 g/mol. The van der Waals surface area contributed by atoms with Gasteiger partial charge in [0.1, 0.15) is 6.17 Å². The third-order valence-electron chi connectivity index (χ3n) is 8.24. The van der Waals surface area contributed by atoms with Gasteiger partial charge in [0.25, 0.3) is 0 Å². The summed E-state index contributed by atoms with van der Waals surface area (Å²) >= 11 is 0. The van der Waals surface area contributed by atoms with E-state index in [4.69, 9.17) is 0 Å². The minimum absolute atomic E-state index is 0.00294. The highest BCUT2D eigenvalue weighted by Gasteiger charge is 2.49. The van der Waals surface area contributed by atoms with Gasteiger partial charge in [0.15, 0.2) is 0 Å². The predicted octanol–water partition coefficient (Wildman–Crippen LogP) is 8.11. The molecule has 0 spiro atoms. The zero-order valence-electron chi connectivity index (χ0n) is 17.0. The van der Waals surface area contributed by atoms with E-state index in [1.54, 1.807) is 0 Å². The SMILES string of the molecule is CCCCC1CCC(C2CCC(C3CCC(C(F)(F)F)C(F)C3)CC2)CC1. The molecule has 0 radical (unpaired) electrons. The highest BCUT2D eigenvalue weighted by molar-refractivity contribution is 4.90. The molecule has 3 aliphatic carbocycles. The maximum atomic E-state index is 14.1. The lowest BCUT2D eigenvalue weighted by molar-refractivity contribution is -0.202. The van der Waals surface area contributed by atoms with Crippen molar-refractivity contribution in [1.29, 1.82) is 0 Å². The average molecular weight is 391 g/mol. The van der Waals surface area contributed by atoms with Gasteiger partial charge in [-0.2, -0.15) is 13.2 Å². The lowest BCUT2D eigenvalue weighted by Crippen LogP contribution is -2.39. The third kappa shape index (κ3) is 5.63. The zero-order chi connectivity index (χ0) is 19.4. The van der Waals surface area contributed by atoms with E-state index in [2.05, 4.69) is 6.92 Å². The Morgan fingerprint density at radius 1 is 0.704 bits per heavy atom. The Kier molecular flexibility index (Phi) is 7.52. The Morgan fingerprint density at radius 2 is 1.19 bits per heavy atom. The second-order valence-electron chi connectivity index (χ2n) is 9.84. The molecule has 0 aromatic heterocycles. The van der Waals surface area contributed by atoms with Crippen molar-refractivity contribution in [2.75, 3.05) is 0 Å². The molecule has 0 bridgehead atoms. The van der Waals surface area contributed by atoms with Crippen LogP contribution in [0.2, 0.25) is 0 Å². The molecular weight excluding hydrogens is 352 g/mol. The van der Waals surface area contributed by atoms with Gasteiger partial charge in [-0.3, -0.25) is 0 Å². The summed E-state index contributed by atoms with van der Waals surface area (Å²) in [7, 11) is 0. The van der Waals surface area contributed by atoms with Crippen molar-refractivity contribution in [2.24, 2.45) is 35.5 Å². The molecule has 3 aliphatic rings. The van der Waals surface area contributed by atoms with Crippen LogP contribution in [0.3, 0.4) is 0 Å². The topological polar surface area (TPSA) is 0 Å². The lowest BCUT2D eigenvalue weighted by Gasteiger charge is -2.42. The Balaban J connectivity index is 1.40. The van der Waals surface area contributed by atoms with Crippen molar-refractivity contribution in [2.45, 2.75) is 109 Å². The highest BCUT2D eigenvalue weighted by atomic mass is 19.4. The molecule has 0 N–H and O–H groups in total. The molecule has 0 aromatic rings. The summed E-state index contributed by atoms with van der Waals surface area (Å²) in [6.07, 6.45) is 8.99. The second-order valence-corrected chi connectivity index (χ2v) is 9.84. The van der Waals surface area contributed by atoms with E-state index in [1.807, 2.05) is 0 Å². The van der Waals surface area contributed by atoms with Crippen molar-refractivity contribution in [3.05, 3.63) is 0 Å². The summed E-state index contributed by atoms with van der Waals surface area (Å²) in [5.41, 5.74) is 0. The fraction of sp³-hybridized carbons (Fsp3) is 1.00. The molecule has 158 valence electrons. The fourth-order valence-corrected chi connectivity index (χ4v) is 6.47. The average Bonchev–Trinajstić information content (AvgIpc) is 2.66. The van der Waals surface area contributed by atoms with Gasteiger partial charge in [0, 0.05) is 0 Å². The number of rotatable bonds is 5. The zero-order valence-corrected chi connectivity index (χ0v) is 17.0. The fourth-order valence-electron chi connectivity index (χ4n) is 6.47. The normalized spacial score (nSPS) is 41.4. The van der Waals surface area contributed by atoms with E-state index in [0.29, 0.717) is 12.3 Å². The van der Waals surface area contributed by atoms with Gasteiger partial charge in [-0.15, -0.1) is 0 Å². The van der Waals surface area contributed by atoms with Crippen LogP contribution >= 0.6 is 0 Å². The van der Waals surface area contributed by atoms with Crippen molar-refractivity contribution >= 4 is 0 Å². The third-order valence-corrected chi connectivity index (χ3v) is 8.24. The molecule has 3 fully saturated rings. The number of hydrogen-bond acceptors (Lipinski definition) is 0. The summed E-state index contributed by atoms with van der Waals surface area (Å²) in [6.45, 7) is 2.27. The summed E-state index contributed by atoms with van der Waals surface area (Å²) in [6, 6.07) is 0. The first-order chi connectivity index (χ1) is 12.9. The largest absolute Gasteiger partial charge is 0.394 e. The van der Waals surface area contributed by atoms with Crippen molar-refractivity contribution in [1.82, 2.24) is 0 Å². The standard InChI is InChI=1S/C23H38F4/c1-2-3-4-16-5-7-17(8-6-16)18-9-11-19(12-10-18)20-13-14-21(22(24)15-20)23(25,26)27/h16-22H,2-15H2,1H3. The molecule has 3 rings (SSSR count). The highest BCUT2D eigenvalue weighted by Crippen LogP contribution is 2.48. The van der Waals surface area contributed by atoms with Crippen LogP contribution in [0, 0.1) is 35.5 Å². The molecule has 0 heterocycles. The first kappa shape index (κ1) is 21.4. The Hall–Kier alpha value is -0.280. The lowest BCUT2D eigenvalue weighted by atomic mass is 9.64. The van der Waals surface area contributed by atoms with Crippen LogP contribution in [0.1, 0.15) is 96.8 Å². The van der Waals surface area contributed by atoms with Crippen LogP contribution in [0.4, 0.5) is 17.6 Å². The summed E-state index contributed by atoms with van der Waals surface area (Å²) in [5.74, 6) is 1.58. The quantitative estimate of drug-likeness (QED) is 0.416. The molecule has 0 nitrogen and oxygen atoms in total. The van der Waals surface area contributed by atoms with Crippen LogP contribution in [-0.4, -0.2) is 12.3 Å².